The molecule has 0 spiro atoms. The Hall–Kier alpha value is -3.57. The molecule has 3 aromatic heterocycles. The molecule has 0 aromatic carbocycles. The molecule has 0 bridgehead atoms. The van der Waals surface area contributed by atoms with Gasteiger partial charge in [0.15, 0.2) is 0 Å². The molecular weight excluding hydrogens is 477 g/mol. The summed E-state index contributed by atoms with van der Waals surface area (Å²) in [5, 5.41) is 9.54. The molecule has 196 valence electrons. The molecule has 11 heteroatoms. The molecule has 2 N–H and O–H groups in total. The third kappa shape index (κ3) is 6.41. The molecule has 4 rings (SSSR count). The Labute approximate surface area is 215 Å². The number of methoxy groups -OCH3 is 1. The molecule has 1 aliphatic heterocycles. The summed E-state index contributed by atoms with van der Waals surface area (Å²) in [5.41, 5.74) is 3.27. The highest BCUT2D eigenvalue weighted by atomic mass is 19.1. The zero-order valence-electron chi connectivity index (χ0n) is 21.3. The van der Waals surface area contributed by atoms with Gasteiger partial charge in [-0.25, -0.2) is 14.4 Å². The Balaban J connectivity index is 1.34. The van der Waals surface area contributed by atoms with Gasteiger partial charge in [0, 0.05) is 56.7 Å². The average molecular weight is 510 g/mol. The number of rotatable bonds is 11. The van der Waals surface area contributed by atoms with Crippen LogP contribution in [0.15, 0.2) is 35.6 Å². The van der Waals surface area contributed by atoms with Crippen LogP contribution < -0.4 is 15.4 Å². The van der Waals surface area contributed by atoms with Gasteiger partial charge in [-0.05, 0) is 31.0 Å². The van der Waals surface area contributed by atoms with E-state index in [0.29, 0.717) is 73.9 Å². The van der Waals surface area contributed by atoms with E-state index in [2.05, 4.69) is 35.7 Å². The van der Waals surface area contributed by atoms with Crippen LogP contribution in [0, 0.1) is 23.6 Å². The lowest BCUT2D eigenvalue weighted by atomic mass is 10.1. The lowest BCUT2D eigenvalue weighted by Crippen LogP contribution is -2.30. The van der Waals surface area contributed by atoms with Gasteiger partial charge < -0.3 is 20.3 Å². The van der Waals surface area contributed by atoms with Gasteiger partial charge in [-0.1, -0.05) is 18.2 Å². The molecule has 10 nitrogen and oxygen atoms in total. The van der Waals surface area contributed by atoms with E-state index in [4.69, 9.17) is 4.74 Å². The lowest BCUT2D eigenvalue weighted by molar-refractivity contribution is -0.115. The summed E-state index contributed by atoms with van der Waals surface area (Å²) in [6, 6.07) is 6.95. The maximum Gasteiger partial charge on any atom is 0.225 e. The van der Waals surface area contributed by atoms with Crippen molar-refractivity contribution in [3.05, 3.63) is 58.0 Å². The van der Waals surface area contributed by atoms with E-state index < -0.39 is 5.82 Å². The fourth-order valence-electron chi connectivity index (χ4n) is 4.54. The number of fused-ring (bicyclic) bond motifs is 1. The van der Waals surface area contributed by atoms with Crippen molar-refractivity contribution in [2.24, 2.45) is 11.1 Å². The quantitative estimate of drug-likeness (QED) is 0.378. The van der Waals surface area contributed by atoms with E-state index >= 15 is 0 Å². The third-order valence-corrected chi connectivity index (χ3v) is 6.69. The predicted octanol–water partition coefficient (Wildman–Crippen LogP) is 3.23. The number of halogens is 1. The highest BCUT2D eigenvalue weighted by molar-refractivity contribution is 5.90. The number of carbonyl (C=O) groups excluding carboxylic acids is 1. The van der Waals surface area contributed by atoms with Gasteiger partial charge in [0.2, 0.25) is 11.8 Å². The fourth-order valence-corrected chi connectivity index (χ4v) is 4.54. The Bertz CT molecular complexity index is 1270. The number of nitrogens with zero attached hydrogens (tertiary/aromatic N) is 5. The fraction of sp³-hybridized carbons (Fsp3) is 0.462. The molecule has 1 amide bonds. The van der Waals surface area contributed by atoms with Crippen LogP contribution in [0.5, 0.6) is 5.88 Å². The van der Waals surface area contributed by atoms with Crippen LogP contribution in [0.25, 0.3) is 11.0 Å². The van der Waals surface area contributed by atoms with Crippen LogP contribution in [-0.2, 0) is 17.8 Å². The number of hydrogen-bond donors (Lipinski definition) is 2. The van der Waals surface area contributed by atoms with Crippen LogP contribution in [0.1, 0.15) is 30.2 Å². The van der Waals surface area contributed by atoms with Crippen LogP contribution in [-0.4, -0.2) is 65.1 Å². The van der Waals surface area contributed by atoms with E-state index in [0.717, 1.165) is 11.3 Å². The van der Waals surface area contributed by atoms with Gasteiger partial charge >= 0.3 is 0 Å². The number of aryl methyl sites for hydroxylation is 1. The van der Waals surface area contributed by atoms with Crippen molar-refractivity contribution < 1.29 is 13.9 Å². The van der Waals surface area contributed by atoms with E-state index in [1.165, 1.54) is 13.3 Å². The number of hydrogen-bond acceptors (Lipinski definition) is 9. The van der Waals surface area contributed by atoms with Gasteiger partial charge in [-0.2, -0.15) is 4.91 Å². The summed E-state index contributed by atoms with van der Waals surface area (Å²) < 4.78 is 19.8. The molecule has 3 aromatic rings. The Morgan fingerprint density at radius 2 is 2.08 bits per heavy atom. The van der Waals surface area contributed by atoms with Crippen molar-refractivity contribution in [1.29, 1.82) is 0 Å². The van der Waals surface area contributed by atoms with Gasteiger partial charge in [0.25, 0.3) is 0 Å². The molecular formula is C26H32FN7O3. The number of likely N-dealkylation sites (tertiary alicyclic amines) is 1. The molecule has 1 aliphatic rings. The first-order valence-corrected chi connectivity index (χ1v) is 12.4. The maximum atomic E-state index is 14.7. The van der Waals surface area contributed by atoms with Gasteiger partial charge in [0.1, 0.15) is 17.7 Å². The van der Waals surface area contributed by atoms with E-state index in [9.17, 15) is 14.1 Å². The number of amides is 1. The molecule has 1 saturated heterocycles. The minimum Gasteiger partial charge on any atom is -0.481 e. The van der Waals surface area contributed by atoms with Crippen molar-refractivity contribution in [2.75, 3.05) is 38.6 Å². The van der Waals surface area contributed by atoms with E-state index in [1.54, 1.807) is 19.1 Å². The number of carbonyl (C=O) groups is 1. The van der Waals surface area contributed by atoms with Crippen molar-refractivity contribution in [3.8, 4) is 5.88 Å². The predicted molar refractivity (Wildman–Crippen MR) is 139 cm³/mol. The molecule has 1 unspecified atom stereocenters. The minimum atomic E-state index is -0.407. The highest BCUT2D eigenvalue weighted by Crippen LogP contribution is 2.24. The second-order valence-electron chi connectivity index (χ2n) is 9.25. The molecule has 0 saturated carbocycles. The van der Waals surface area contributed by atoms with Gasteiger partial charge in [-0.3, -0.25) is 9.78 Å². The zero-order valence-corrected chi connectivity index (χ0v) is 21.3. The summed E-state index contributed by atoms with van der Waals surface area (Å²) in [5.74, 6) is 0.506. The minimum absolute atomic E-state index is 0.0273. The van der Waals surface area contributed by atoms with Crippen molar-refractivity contribution in [1.82, 2.24) is 25.2 Å². The summed E-state index contributed by atoms with van der Waals surface area (Å²) in [6.07, 6.45) is 2.03. The highest BCUT2D eigenvalue weighted by Gasteiger charge is 2.33. The SMILES string of the molecule is CCC(=O)Nc1nc(CNC[C@@H]2CN(CCc3c(F)cnc4ccc(OC)nc34)CC2N=O)ccc1C. The molecule has 2 atom stereocenters. The summed E-state index contributed by atoms with van der Waals surface area (Å²) in [7, 11) is 1.52. The first-order valence-electron chi connectivity index (χ1n) is 12.4. The molecule has 1 fully saturated rings. The Kier molecular flexibility index (Phi) is 8.67. The van der Waals surface area contributed by atoms with Crippen molar-refractivity contribution in [2.45, 2.75) is 39.3 Å². The zero-order chi connectivity index (χ0) is 26.4. The largest absolute Gasteiger partial charge is 0.481 e. The number of anilines is 1. The maximum absolute atomic E-state index is 14.7. The van der Waals surface area contributed by atoms with Crippen molar-refractivity contribution in [3.63, 3.8) is 0 Å². The second-order valence-corrected chi connectivity index (χ2v) is 9.25. The standard InChI is InChI=1S/C26H32FN7O3/c1-4-23(35)31-26-16(2)5-6-18(30-26)12-28-11-17-14-34(15-22(17)33-36)10-9-19-20(27)13-29-21-7-8-24(37-3)32-25(19)21/h5-8,13,17,22,28H,4,9-12,14-15H2,1-3H3,(H,30,31,35)/t17-,22?/m1/s1. The number of aromatic nitrogens is 3. The normalized spacial score (nSPS) is 17.7. The monoisotopic (exact) mass is 509 g/mol. The molecule has 37 heavy (non-hydrogen) atoms. The lowest BCUT2D eigenvalue weighted by Gasteiger charge is -2.17. The number of nitrogens with one attached hydrogen (secondary N) is 2. The smallest absolute Gasteiger partial charge is 0.225 e. The Morgan fingerprint density at radius 1 is 1.24 bits per heavy atom. The first kappa shape index (κ1) is 26.5. The average Bonchev–Trinajstić information content (AvgIpc) is 3.31. The summed E-state index contributed by atoms with van der Waals surface area (Å²) in [6.45, 7) is 6.54. The second kappa shape index (κ2) is 12.1. The Morgan fingerprint density at radius 3 is 2.84 bits per heavy atom. The molecule has 0 aliphatic carbocycles. The van der Waals surface area contributed by atoms with E-state index in [-0.39, 0.29) is 17.9 Å². The molecule has 4 heterocycles. The first-order chi connectivity index (χ1) is 17.9. The summed E-state index contributed by atoms with van der Waals surface area (Å²) >= 11 is 0. The topological polar surface area (TPSA) is 122 Å². The van der Waals surface area contributed by atoms with Crippen LogP contribution in [0.4, 0.5) is 10.2 Å². The third-order valence-electron chi connectivity index (χ3n) is 6.69. The van der Waals surface area contributed by atoms with Crippen LogP contribution in [0.3, 0.4) is 0 Å². The molecule has 0 radical (unpaired) electrons. The van der Waals surface area contributed by atoms with Gasteiger partial charge in [0.05, 0.1) is 30.0 Å². The summed E-state index contributed by atoms with van der Waals surface area (Å²) in [4.78, 5) is 38.5. The number of pyridine rings is 3. The van der Waals surface area contributed by atoms with Crippen LogP contribution in [0.2, 0.25) is 0 Å². The van der Waals surface area contributed by atoms with Gasteiger partial charge in [-0.15, -0.1) is 0 Å². The number of ether oxygens (including phenoxy) is 1. The van der Waals surface area contributed by atoms with E-state index in [1.807, 2.05) is 19.1 Å². The van der Waals surface area contributed by atoms with Crippen LogP contribution >= 0.6 is 0 Å². The van der Waals surface area contributed by atoms with Crippen molar-refractivity contribution >= 4 is 22.8 Å². The number of nitroso groups, excluding NO2 is 1.